The Labute approximate surface area is 232 Å². The summed E-state index contributed by atoms with van der Waals surface area (Å²) in [6, 6.07) is 6.33. The fourth-order valence-electron chi connectivity index (χ4n) is 9.69. The summed E-state index contributed by atoms with van der Waals surface area (Å²) in [7, 11) is 0. The molecule has 11 atom stereocenters. The van der Waals surface area contributed by atoms with Gasteiger partial charge in [-0.25, -0.2) is 8.78 Å². The van der Waals surface area contributed by atoms with E-state index >= 15 is 0 Å². The molecule has 4 aliphatic rings. The first-order valence-electron chi connectivity index (χ1n) is 14.5. The first-order valence-corrected chi connectivity index (χ1v) is 15.6. The molecule has 218 valence electrons. The molecule has 6 nitrogen and oxygen atoms in total. The van der Waals surface area contributed by atoms with Gasteiger partial charge in [0.1, 0.15) is 6.10 Å². The van der Waals surface area contributed by atoms with Crippen LogP contribution in [-0.2, 0) is 15.9 Å². The number of halogens is 2. The summed E-state index contributed by atoms with van der Waals surface area (Å²) in [6.45, 7) is 6.47. The summed E-state index contributed by atoms with van der Waals surface area (Å²) in [4.78, 5) is 12.8. The first-order chi connectivity index (χ1) is 18.3. The van der Waals surface area contributed by atoms with Crippen molar-refractivity contribution in [3.8, 4) is 0 Å². The number of nitrogens with one attached hydrogen (secondary N) is 1. The van der Waals surface area contributed by atoms with Gasteiger partial charge in [0.15, 0.2) is 0 Å². The maximum atomic E-state index is 14.8. The number of aliphatic hydroxyl groups excluding tert-OH is 2. The van der Waals surface area contributed by atoms with Gasteiger partial charge >= 0.3 is 0 Å². The first kappa shape index (κ1) is 29.1. The molecule has 5 rings (SSSR count). The van der Waals surface area contributed by atoms with Crippen molar-refractivity contribution in [2.45, 2.75) is 102 Å². The number of aliphatic hydroxyl groups is 2. The van der Waals surface area contributed by atoms with E-state index in [2.05, 4.69) is 19.2 Å². The Morgan fingerprint density at radius 1 is 1.13 bits per heavy atom. The Kier molecular flexibility index (Phi) is 7.79. The van der Waals surface area contributed by atoms with Crippen molar-refractivity contribution in [2.75, 3.05) is 5.32 Å². The fraction of sp³-hybridized carbons (Fsp3) is 0.767. The highest BCUT2D eigenvalue weighted by atomic mass is 32.2. The van der Waals surface area contributed by atoms with Gasteiger partial charge in [0.05, 0.1) is 11.8 Å². The Balaban J connectivity index is 1.26. The summed E-state index contributed by atoms with van der Waals surface area (Å²) in [5, 5.41) is 24.2. The van der Waals surface area contributed by atoms with Crippen molar-refractivity contribution in [3.63, 3.8) is 0 Å². The lowest BCUT2D eigenvalue weighted by Crippen LogP contribution is -2.62. The maximum absolute atomic E-state index is 14.8. The third kappa shape index (κ3) is 4.99. The zero-order valence-electron chi connectivity index (χ0n) is 23.1. The van der Waals surface area contributed by atoms with Crippen LogP contribution in [-0.4, -0.2) is 43.0 Å². The molecular weight excluding hydrogens is 524 g/mol. The van der Waals surface area contributed by atoms with Gasteiger partial charge in [-0.1, -0.05) is 32.9 Å². The van der Waals surface area contributed by atoms with Crippen molar-refractivity contribution in [2.24, 2.45) is 46.3 Å². The smallest absolute Gasteiger partial charge is 0.274 e. The lowest BCUT2D eigenvalue weighted by atomic mass is 9.43. The molecule has 4 fully saturated rings. The van der Waals surface area contributed by atoms with Crippen LogP contribution in [0.15, 0.2) is 29.2 Å². The van der Waals surface area contributed by atoms with Crippen LogP contribution in [0.5, 0.6) is 0 Å². The standard InChI is InChI=1S/C30H43F2NO5S/c1-17(8-11-26(36)33-22-6-4-5-7-24(22)39(37)38)19-9-10-20-27-21(12-13-28(19,20)2)29(3)16-30(31,32)25(35)15-18(29)14-23(27)34/h4-7,17-21,23,25,27,34-35H,8-16H2,1-3H3,(H,33,36)(H,37,38)/p-1/t17-,18-,19-,20?,21?,23?,25-,27?,28-,29+/m1/s1. The number of amides is 1. The van der Waals surface area contributed by atoms with Crippen LogP contribution in [0.4, 0.5) is 14.5 Å². The van der Waals surface area contributed by atoms with E-state index in [-0.39, 0.29) is 70.8 Å². The second kappa shape index (κ2) is 10.4. The zero-order valence-corrected chi connectivity index (χ0v) is 23.9. The largest absolute Gasteiger partial charge is 0.768 e. The number of carbonyl (C=O) groups excluding carboxylic acids is 1. The van der Waals surface area contributed by atoms with Crippen LogP contribution in [0.3, 0.4) is 0 Å². The van der Waals surface area contributed by atoms with E-state index in [0.29, 0.717) is 18.8 Å². The van der Waals surface area contributed by atoms with Gasteiger partial charge in [-0.3, -0.25) is 9.00 Å². The number of benzene rings is 1. The normalized spacial score (nSPS) is 42.5. The van der Waals surface area contributed by atoms with E-state index in [4.69, 9.17) is 0 Å². The molecular formula is C30H42F2NO5S-. The van der Waals surface area contributed by atoms with E-state index in [1.54, 1.807) is 18.2 Å². The predicted molar refractivity (Wildman–Crippen MR) is 144 cm³/mol. The second-order valence-electron chi connectivity index (χ2n) is 13.5. The summed E-state index contributed by atoms with van der Waals surface area (Å²) >= 11 is -2.44. The molecule has 5 unspecified atom stereocenters. The molecule has 3 N–H and O–H groups in total. The van der Waals surface area contributed by atoms with Crippen molar-refractivity contribution in [1.82, 2.24) is 0 Å². The lowest BCUT2D eigenvalue weighted by molar-refractivity contribution is -0.236. The van der Waals surface area contributed by atoms with Gasteiger partial charge in [0.25, 0.3) is 5.92 Å². The highest BCUT2D eigenvalue weighted by Gasteiger charge is 2.66. The third-order valence-electron chi connectivity index (χ3n) is 11.6. The number of alkyl halides is 2. The quantitative estimate of drug-likeness (QED) is 0.393. The van der Waals surface area contributed by atoms with Crippen LogP contribution < -0.4 is 5.32 Å². The molecule has 0 aromatic heterocycles. The Bertz CT molecular complexity index is 1120. The molecule has 39 heavy (non-hydrogen) atoms. The van der Waals surface area contributed by atoms with Gasteiger partial charge in [-0.15, -0.1) is 0 Å². The number of rotatable bonds is 6. The number of fused-ring (bicyclic) bond motifs is 5. The van der Waals surface area contributed by atoms with Gasteiger partial charge in [0, 0.05) is 17.7 Å². The van der Waals surface area contributed by atoms with E-state index in [1.807, 2.05) is 6.92 Å². The van der Waals surface area contributed by atoms with E-state index < -0.39 is 34.6 Å². The molecule has 1 aromatic carbocycles. The van der Waals surface area contributed by atoms with Gasteiger partial charge in [0.2, 0.25) is 5.91 Å². The third-order valence-corrected chi connectivity index (χ3v) is 12.3. The number of anilines is 1. The minimum absolute atomic E-state index is 0.0130. The molecule has 1 amide bonds. The Morgan fingerprint density at radius 3 is 2.54 bits per heavy atom. The lowest BCUT2D eigenvalue weighted by Gasteiger charge is -2.63. The van der Waals surface area contributed by atoms with Gasteiger partial charge < -0.3 is 20.1 Å². The predicted octanol–water partition coefficient (Wildman–Crippen LogP) is 5.52. The van der Waals surface area contributed by atoms with Crippen LogP contribution >= 0.6 is 0 Å². The van der Waals surface area contributed by atoms with Crippen LogP contribution in [0.25, 0.3) is 0 Å². The summed E-state index contributed by atoms with van der Waals surface area (Å²) in [5.74, 6) is -2.51. The molecule has 9 heteroatoms. The monoisotopic (exact) mass is 566 g/mol. The second-order valence-corrected chi connectivity index (χ2v) is 14.4. The van der Waals surface area contributed by atoms with E-state index in [0.717, 1.165) is 25.7 Å². The van der Waals surface area contributed by atoms with Crippen LogP contribution in [0.2, 0.25) is 0 Å². The average molecular weight is 567 g/mol. The number of carbonyl (C=O) groups is 1. The molecule has 0 aliphatic heterocycles. The Hall–Kier alpha value is -1.42. The maximum Gasteiger partial charge on any atom is 0.274 e. The van der Waals surface area contributed by atoms with Crippen LogP contribution in [0, 0.1) is 46.3 Å². The van der Waals surface area contributed by atoms with E-state index in [1.165, 1.54) is 6.07 Å². The van der Waals surface area contributed by atoms with Crippen molar-refractivity contribution in [3.05, 3.63) is 24.3 Å². The molecule has 1 aromatic rings. The molecule has 4 saturated carbocycles. The topological polar surface area (TPSA) is 110 Å². The summed E-state index contributed by atoms with van der Waals surface area (Å²) in [5.41, 5.74) is -0.322. The van der Waals surface area contributed by atoms with Crippen LogP contribution in [0.1, 0.15) is 78.6 Å². The Morgan fingerprint density at radius 2 is 1.82 bits per heavy atom. The summed E-state index contributed by atoms with van der Waals surface area (Å²) < 4.78 is 52.4. The number of hydrogen-bond donors (Lipinski definition) is 3. The van der Waals surface area contributed by atoms with E-state index in [9.17, 15) is 32.6 Å². The molecule has 0 bridgehead atoms. The number of hydrogen-bond acceptors (Lipinski definition) is 5. The molecule has 4 aliphatic carbocycles. The highest BCUT2D eigenvalue weighted by Crippen LogP contribution is 2.69. The molecule has 0 spiro atoms. The molecule has 0 radical (unpaired) electrons. The van der Waals surface area contributed by atoms with Crippen molar-refractivity contribution < 1.29 is 32.6 Å². The van der Waals surface area contributed by atoms with Gasteiger partial charge in [-0.2, -0.15) is 0 Å². The van der Waals surface area contributed by atoms with Crippen molar-refractivity contribution >= 4 is 22.7 Å². The average Bonchev–Trinajstić information content (AvgIpc) is 3.21. The molecule has 0 saturated heterocycles. The molecule has 0 heterocycles. The fourth-order valence-corrected chi connectivity index (χ4v) is 10.2. The van der Waals surface area contributed by atoms with Crippen molar-refractivity contribution in [1.29, 1.82) is 0 Å². The number of para-hydroxylation sites is 1. The highest BCUT2D eigenvalue weighted by molar-refractivity contribution is 7.79. The minimum atomic E-state index is -3.09. The minimum Gasteiger partial charge on any atom is -0.768 e. The summed E-state index contributed by atoms with van der Waals surface area (Å²) in [6.07, 6.45) is 2.70. The van der Waals surface area contributed by atoms with Gasteiger partial charge in [-0.05, 0) is 114 Å². The SMILES string of the molecule is C[C@H](CCC(=O)Nc1ccccc1S(=O)[O-])[C@H]1CCC2C3C(O)C[C@@H]4C[C@@H](O)C(F)(F)C[C@]4(C)C3CC[C@@]21C. The zero-order chi connectivity index (χ0) is 28.3.